The number of carbonyl (C=O) groups is 3. The van der Waals surface area contributed by atoms with Gasteiger partial charge in [0, 0.05) is 11.3 Å². The smallest absolute Gasteiger partial charge is 0.251 e. The van der Waals surface area contributed by atoms with Crippen LogP contribution in [0.3, 0.4) is 0 Å². The Kier molecular flexibility index (Phi) is 2.78. The summed E-state index contributed by atoms with van der Waals surface area (Å²) in [6.45, 7) is -0.206. The molecule has 1 aromatic rings. The second-order valence-electron chi connectivity index (χ2n) is 3.75. The molecule has 2 rings (SSSR count). The molecule has 0 atom stereocenters. The number of hydrogen-bond donors (Lipinski definition) is 3. The predicted molar refractivity (Wildman–Crippen MR) is 60.3 cm³/mol. The van der Waals surface area contributed by atoms with E-state index in [4.69, 9.17) is 5.73 Å². The summed E-state index contributed by atoms with van der Waals surface area (Å²) in [6.07, 6.45) is 0.332. The Labute approximate surface area is 97.2 Å². The van der Waals surface area contributed by atoms with Crippen LogP contribution in [0.5, 0.6) is 0 Å². The molecule has 1 aromatic carbocycles. The molecular weight excluding hydrogens is 222 g/mol. The molecule has 6 nitrogen and oxygen atoms in total. The van der Waals surface area contributed by atoms with Crippen LogP contribution >= 0.6 is 0 Å². The van der Waals surface area contributed by atoms with E-state index in [-0.39, 0.29) is 12.5 Å². The van der Waals surface area contributed by atoms with Gasteiger partial charge in [0.2, 0.25) is 11.8 Å². The van der Waals surface area contributed by atoms with Crippen molar-refractivity contribution in [1.82, 2.24) is 5.32 Å². The van der Waals surface area contributed by atoms with Crippen molar-refractivity contribution in [3.63, 3.8) is 0 Å². The maximum Gasteiger partial charge on any atom is 0.251 e. The molecule has 6 heteroatoms. The van der Waals surface area contributed by atoms with Gasteiger partial charge in [-0.05, 0) is 17.7 Å². The van der Waals surface area contributed by atoms with Crippen molar-refractivity contribution in [2.45, 2.75) is 6.42 Å². The summed E-state index contributed by atoms with van der Waals surface area (Å²) in [7, 11) is 0. The molecule has 1 heterocycles. The van der Waals surface area contributed by atoms with Crippen LogP contribution in [0.25, 0.3) is 0 Å². The Balaban J connectivity index is 2.13. The molecule has 1 aliphatic heterocycles. The molecule has 0 saturated heterocycles. The van der Waals surface area contributed by atoms with E-state index in [1.807, 2.05) is 0 Å². The summed E-state index contributed by atoms with van der Waals surface area (Å²) in [5, 5.41) is 5.02. The molecule has 0 aliphatic carbocycles. The maximum atomic E-state index is 11.6. The first-order chi connectivity index (χ1) is 8.06. The quantitative estimate of drug-likeness (QED) is 0.649. The zero-order valence-electron chi connectivity index (χ0n) is 8.95. The number of nitrogens with two attached hydrogens (primary N) is 1. The fraction of sp³-hybridized carbons (Fsp3) is 0.182. The Morgan fingerprint density at radius 3 is 2.88 bits per heavy atom. The van der Waals surface area contributed by atoms with Crippen molar-refractivity contribution in [2.24, 2.45) is 5.73 Å². The highest BCUT2D eigenvalue weighted by molar-refractivity contribution is 6.02. The molecule has 0 unspecified atom stereocenters. The molecule has 0 fully saturated rings. The van der Waals surface area contributed by atoms with E-state index in [1.54, 1.807) is 18.2 Å². The van der Waals surface area contributed by atoms with Gasteiger partial charge in [0.05, 0.1) is 13.0 Å². The number of rotatable bonds is 3. The lowest BCUT2D eigenvalue weighted by atomic mass is 10.1. The highest BCUT2D eigenvalue weighted by Gasteiger charge is 2.18. The van der Waals surface area contributed by atoms with Crippen LogP contribution in [0.1, 0.15) is 15.9 Å². The fourth-order valence-corrected chi connectivity index (χ4v) is 1.63. The predicted octanol–water partition coefficient (Wildman–Crippen LogP) is -0.604. The molecule has 1 aliphatic rings. The highest BCUT2D eigenvalue weighted by Crippen LogP contribution is 2.23. The summed E-state index contributed by atoms with van der Waals surface area (Å²) < 4.78 is 0. The largest absolute Gasteiger partial charge is 0.368 e. The Bertz CT molecular complexity index is 511. The second-order valence-corrected chi connectivity index (χ2v) is 3.75. The van der Waals surface area contributed by atoms with Crippen LogP contribution in [-0.4, -0.2) is 24.3 Å². The summed E-state index contributed by atoms with van der Waals surface area (Å²) in [5.74, 6) is -1.09. The summed E-state index contributed by atoms with van der Waals surface area (Å²) in [4.78, 5) is 33.2. The van der Waals surface area contributed by atoms with Crippen molar-refractivity contribution in [3.05, 3.63) is 29.3 Å². The SMILES string of the molecule is NC(=O)CNC(=O)c1ccc2c(c1)NC(=O)C2. The summed E-state index contributed by atoms with van der Waals surface area (Å²) in [5.41, 5.74) is 6.80. The van der Waals surface area contributed by atoms with Crippen LogP contribution in [-0.2, 0) is 16.0 Å². The molecular formula is C11H11N3O3. The van der Waals surface area contributed by atoms with Gasteiger partial charge in [-0.1, -0.05) is 6.07 Å². The van der Waals surface area contributed by atoms with Crippen LogP contribution < -0.4 is 16.4 Å². The fourth-order valence-electron chi connectivity index (χ4n) is 1.63. The van der Waals surface area contributed by atoms with Gasteiger partial charge in [-0.2, -0.15) is 0 Å². The lowest BCUT2D eigenvalue weighted by Gasteiger charge is -2.04. The van der Waals surface area contributed by atoms with Crippen LogP contribution in [0.2, 0.25) is 0 Å². The normalized spacial score (nSPS) is 12.8. The minimum atomic E-state index is -0.604. The average Bonchev–Trinajstić information content (AvgIpc) is 2.64. The van der Waals surface area contributed by atoms with Crippen molar-refractivity contribution < 1.29 is 14.4 Å². The third kappa shape index (κ3) is 2.41. The van der Waals surface area contributed by atoms with Crippen molar-refractivity contribution in [3.8, 4) is 0 Å². The molecule has 17 heavy (non-hydrogen) atoms. The monoisotopic (exact) mass is 233 g/mol. The molecule has 0 bridgehead atoms. The molecule has 0 aromatic heterocycles. The maximum absolute atomic E-state index is 11.6. The zero-order valence-corrected chi connectivity index (χ0v) is 8.95. The lowest BCUT2D eigenvalue weighted by molar-refractivity contribution is -0.117. The first-order valence-electron chi connectivity index (χ1n) is 5.05. The number of carbonyl (C=O) groups excluding carboxylic acids is 3. The average molecular weight is 233 g/mol. The minimum Gasteiger partial charge on any atom is -0.368 e. The van der Waals surface area contributed by atoms with E-state index in [0.29, 0.717) is 17.7 Å². The second kappa shape index (κ2) is 4.25. The first-order valence-corrected chi connectivity index (χ1v) is 5.05. The molecule has 88 valence electrons. The summed E-state index contributed by atoms with van der Waals surface area (Å²) >= 11 is 0. The highest BCUT2D eigenvalue weighted by atomic mass is 16.2. The first kappa shape index (κ1) is 11.1. The van der Waals surface area contributed by atoms with Gasteiger partial charge in [-0.25, -0.2) is 0 Å². The summed E-state index contributed by atoms with van der Waals surface area (Å²) in [6, 6.07) is 4.90. The van der Waals surface area contributed by atoms with E-state index in [0.717, 1.165) is 5.56 Å². The van der Waals surface area contributed by atoms with Gasteiger partial charge in [0.1, 0.15) is 0 Å². The third-order valence-electron chi connectivity index (χ3n) is 2.42. The lowest BCUT2D eigenvalue weighted by Crippen LogP contribution is -2.33. The van der Waals surface area contributed by atoms with Gasteiger partial charge in [-0.3, -0.25) is 14.4 Å². The molecule has 0 radical (unpaired) electrons. The Morgan fingerprint density at radius 2 is 2.18 bits per heavy atom. The van der Waals surface area contributed by atoms with E-state index in [9.17, 15) is 14.4 Å². The van der Waals surface area contributed by atoms with E-state index >= 15 is 0 Å². The number of primary amides is 1. The topological polar surface area (TPSA) is 101 Å². The van der Waals surface area contributed by atoms with Gasteiger partial charge in [0.25, 0.3) is 5.91 Å². The number of fused-ring (bicyclic) bond motifs is 1. The van der Waals surface area contributed by atoms with Crippen molar-refractivity contribution in [2.75, 3.05) is 11.9 Å². The zero-order chi connectivity index (χ0) is 12.4. The van der Waals surface area contributed by atoms with Gasteiger partial charge in [-0.15, -0.1) is 0 Å². The number of benzene rings is 1. The number of hydrogen-bond acceptors (Lipinski definition) is 3. The molecule has 4 N–H and O–H groups in total. The van der Waals surface area contributed by atoms with Crippen molar-refractivity contribution >= 4 is 23.4 Å². The minimum absolute atomic E-state index is 0.0882. The number of nitrogens with one attached hydrogen (secondary N) is 2. The number of amides is 3. The Hall–Kier alpha value is -2.37. The van der Waals surface area contributed by atoms with Crippen LogP contribution in [0.15, 0.2) is 18.2 Å². The van der Waals surface area contributed by atoms with E-state index in [2.05, 4.69) is 10.6 Å². The Morgan fingerprint density at radius 1 is 1.41 bits per heavy atom. The third-order valence-corrected chi connectivity index (χ3v) is 2.42. The molecule has 0 saturated carbocycles. The van der Waals surface area contributed by atoms with Crippen LogP contribution in [0, 0.1) is 0 Å². The van der Waals surface area contributed by atoms with Crippen molar-refractivity contribution in [1.29, 1.82) is 0 Å². The van der Waals surface area contributed by atoms with E-state index in [1.165, 1.54) is 0 Å². The van der Waals surface area contributed by atoms with Crippen LogP contribution in [0.4, 0.5) is 5.69 Å². The van der Waals surface area contributed by atoms with E-state index < -0.39 is 11.8 Å². The number of anilines is 1. The standard InChI is InChI=1S/C11H11N3O3/c12-9(15)5-13-11(17)7-2-1-6-4-10(16)14-8(6)3-7/h1-3H,4-5H2,(H2,12,15)(H,13,17)(H,14,16). The molecule has 3 amide bonds. The van der Waals surface area contributed by atoms with Gasteiger partial charge < -0.3 is 16.4 Å². The van der Waals surface area contributed by atoms with Gasteiger partial charge in [0.15, 0.2) is 0 Å². The molecule has 0 spiro atoms. The van der Waals surface area contributed by atoms with Gasteiger partial charge >= 0.3 is 0 Å².